The van der Waals surface area contributed by atoms with Crippen molar-refractivity contribution in [1.29, 1.82) is 0 Å². The van der Waals surface area contributed by atoms with Crippen molar-refractivity contribution in [3.63, 3.8) is 0 Å². The van der Waals surface area contributed by atoms with E-state index in [1.165, 1.54) is 42.5 Å². The lowest BCUT2D eigenvalue weighted by atomic mass is 10.0. The number of rotatable bonds is 8. The molecule has 0 bridgehead atoms. The number of ketones is 1. The molecule has 1 aliphatic rings. The Hall–Kier alpha value is -2.73. The molecule has 0 spiro atoms. The van der Waals surface area contributed by atoms with Crippen LogP contribution < -0.4 is 0 Å². The van der Waals surface area contributed by atoms with Crippen LogP contribution in [0, 0.1) is 15.9 Å². The summed E-state index contributed by atoms with van der Waals surface area (Å²) in [5, 5.41) is 11.5. The number of nitro benzene ring substituents is 1. The predicted octanol–water partition coefficient (Wildman–Crippen LogP) is 2.72. The zero-order valence-electron chi connectivity index (χ0n) is 16.7. The van der Waals surface area contributed by atoms with Crippen molar-refractivity contribution < 1.29 is 31.4 Å². The molecule has 9 nitrogen and oxygen atoms in total. The van der Waals surface area contributed by atoms with Crippen molar-refractivity contribution in [2.24, 2.45) is 0 Å². The van der Waals surface area contributed by atoms with Crippen LogP contribution in [0.5, 0.6) is 0 Å². The summed E-state index contributed by atoms with van der Waals surface area (Å²) >= 11 is 0. The van der Waals surface area contributed by atoms with Crippen LogP contribution in [0.15, 0.2) is 47.4 Å². The third-order valence-corrected chi connectivity index (χ3v) is 6.36. The number of carbonyl (C=O) groups is 1. The second-order valence-electron chi connectivity index (χ2n) is 6.91. The van der Waals surface area contributed by atoms with Gasteiger partial charge in [-0.2, -0.15) is 8.42 Å². The molecule has 3 rings (SSSR count). The number of morpholine rings is 1. The van der Waals surface area contributed by atoms with Crippen molar-refractivity contribution >= 4 is 21.6 Å². The number of ether oxygens (including phenoxy) is 1. The molecule has 0 amide bonds. The van der Waals surface area contributed by atoms with Crippen molar-refractivity contribution in [2.45, 2.75) is 17.4 Å². The summed E-state index contributed by atoms with van der Waals surface area (Å²) in [5.41, 5.74) is -0.0744. The standard InChI is InChI=1S/C20H21FN2O7S/c1-29-31(27,28)19-4-2-3-16(23(25)26)20(19)18-13-22(11-12-30-18)10-9-17(24)14-5-7-15(21)8-6-14/h2-8,18H,9-13H2,1H3. The van der Waals surface area contributed by atoms with Crippen LogP contribution in [0.1, 0.15) is 28.4 Å². The Morgan fingerprint density at radius 2 is 2.00 bits per heavy atom. The first kappa shape index (κ1) is 22.9. The summed E-state index contributed by atoms with van der Waals surface area (Å²) in [5.74, 6) is -0.602. The highest BCUT2D eigenvalue weighted by Gasteiger charge is 2.34. The molecule has 1 unspecified atom stereocenters. The molecule has 1 aliphatic heterocycles. The quantitative estimate of drug-likeness (QED) is 0.260. The topological polar surface area (TPSA) is 116 Å². The fourth-order valence-electron chi connectivity index (χ4n) is 3.44. The molecule has 31 heavy (non-hydrogen) atoms. The van der Waals surface area contributed by atoms with E-state index in [1.807, 2.05) is 4.90 Å². The number of hydrogen-bond acceptors (Lipinski definition) is 8. The summed E-state index contributed by atoms with van der Waals surface area (Å²) < 4.78 is 47.9. The first-order valence-electron chi connectivity index (χ1n) is 9.43. The molecular weight excluding hydrogens is 431 g/mol. The van der Waals surface area contributed by atoms with Gasteiger partial charge in [0.05, 0.1) is 24.2 Å². The van der Waals surface area contributed by atoms with Gasteiger partial charge in [0.1, 0.15) is 16.8 Å². The van der Waals surface area contributed by atoms with E-state index < -0.39 is 27.0 Å². The lowest BCUT2D eigenvalue weighted by Crippen LogP contribution is -2.40. The van der Waals surface area contributed by atoms with Crippen molar-refractivity contribution in [3.8, 4) is 0 Å². The Balaban J connectivity index is 1.79. The number of benzene rings is 2. The van der Waals surface area contributed by atoms with E-state index in [4.69, 9.17) is 4.74 Å². The van der Waals surface area contributed by atoms with Gasteiger partial charge in [-0.15, -0.1) is 0 Å². The fraction of sp³-hybridized carbons (Fsp3) is 0.350. The van der Waals surface area contributed by atoms with E-state index in [9.17, 15) is 27.7 Å². The summed E-state index contributed by atoms with van der Waals surface area (Å²) in [6.45, 7) is 1.17. The summed E-state index contributed by atoms with van der Waals surface area (Å²) in [4.78, 5) is 24.8. The Labute approximate surface area is 178 Å². The van der Waals surface area contributed by atoms with Gasteiger partial charge >= 0.3 is 0 Å². The SMILES string of the molecule is COS(=O)(=O)c1cccc([N+](=O)[O-])c1C1CN(CCC(=O)c2ccc(F)cc2)CCO1. The van der Waals surface area contributed by atoms with E-state index in [0.29, 0.717) is 18.7 Å². The molecule has 1 fully saturated rings. The lowest BCUT2D eigenvalue weighted by Gasteiger charge is -2.33. The lowest BCUT2D eigenvalue weighted by molar-refractivity contribution is -0.386. The Kier molecular flexibility index (Phi) is 7.11. The first-order valence-corrected chi connectivity index (χ1v) is 10.8. The number of nitro groups is 1. The van der Waals surface area contributed by atoms with Crippen LogP contribution in [0.4, 0.5) is 10.1 Å². The Morgan fingerprint density at radius 1 is 1.29 bits per heavy atom. The van der Waals surface area contributed by atoms with Crippen molar-refractivity contribution in [1.82, 2.24) is 4.90 Å². The van der Waals surface area contributed by atoms with Crippen LogP contribution in [0.25, 0.3) is 0 Å². The molecule has 0 saturated carbocycles. The number of halogens is 1. The van der Waals surface area contributed by atoms with Gasteiger partial charge in [-0.25, -0.2) is 4.39 Å². The number of hydrogen-bond donors (Lipinski definition) is 0. The Bertz CT molecular complexity index is 1070. The van der Waals surface area contributed by atoms with E-state index >= 15 is 0 Å². The van der Waals surface area contributed by atoms with Crippen LogP contribution >= 0.6 is 0 Å². The van der Waals surface area contributed by atoms with Gasteiger partial charge in [0.25, 0.3) is 15.8 Å². The zero-order chi connectivity index (χ0) is 22.6. The van der Waals surface area contributed by atoms with E-state index in [-0.39, 0.29) is 41.5 Å². The molecule has 1 saturated heterocycles. The molecule has 2 aromatic carbocycles. The maximum Gasteiger partial charge on any atom is 0.297 e. The largest absolute Gasteiger partial charge is 0.371 e. The van der Waals surface area contributed by atoms with Gasteiger partial charge in [-0.3, -0.25) is 24.0 Å². The highest BCUT2D eigenvalue weighted by molar-refractivity contribution is 7.86. The Morgan fingerprint density at radius 3 is 2.65 bits per heavy atom. The van der Waals surface area contributed by atoms with Crippen molar-refractivity contribution in [2.75, 3.05) is 33.4 Å². The first-order chi connectivity index (χ1) is 14.7. The highest BCUT2D eigenvalue weighted by Crippen LogP contribution is 2.36. The van der Waals surface area contributed by atoms with E-state index in [2.05, 4.69) is 4.18 Å². The fourth-order valence-corrected chi connectivity index (χ4v) is 4.37. The van der Waals surface area contributed by atoms with Gasteiger partial charge in [0.2, 0.25) is 0 Å². The number of nitrogens with zero attached hydrogens (tertiary/aromatic N) is 2. The molecule has 11 heteroatoms. The maximum absolute atomic E-state index is 13.0. The zero-order valence-corrected chi connectivity index (χ0v) is 17.5. The number of Topliss-reactive ketones (excluding diaryl/α,β-unsaturated/α-hetero) is 1. The molecule has 0 aromatic heterocycles. The molecule has 2 aromatic rings. The average molecular weight is 452 g/mol. The molecule has 1 heterocycles. The molecule has 0 aliphatic carbocycles. The molecule has 1 atom stereocenters. The third-order valence-electron chi connectivity index (χ3n) is 5.02. The van der Waals surface area contributed by atoms with Gasteiger partial charge in [0.15, 0.2) is 5.78 Å². The second kappa shape index (κ2) is 9.60. The monoisotopic (exact) mass is 452 g/mol. The van der Waals surface area contributed by atoms with Gasteiger partial charge < -0.3 is 4.74 Å². The minimum atomic E-state index is -4.20. The van der Waals surface area contributed by atoms with Crippen molar-refractivity contribution in [3.05, 3.63) is 69.5 Å². The molecule has 0 N–H and O–H groups in total. The average Bonchev–Trinajstić information content (AvgIpc) is 2.77. The smallest absolute Gasteiger partial charge is 0.297 e. The minimum Gasteiger partial charge on any atom is -0.371 e. The van der Waals surface area contributed by atoms with Crippen LogP contribution in [0.3, 0.4) is 0 Å². The summed E-state index contributed by atoms with van der Waals surface area (Å²) in [6, 6.07) is 8.97. The van der Waals surface area contributed by atoms with Gasteiger partial charge in [-0.1, -0.05) is 6.07 Å². The van der Waals surface area contributed by atoms with Crippen LogP contribution in [-0.4, -0.2) is 57.4 Å². The van der Waals surface area contributed by atoms with E-state index in [0.717, 1.165) is 7.11 Å². The van der Waals surface area contributed by atoms with Gasteiger partial charge in [-0.05, 0) is 30.3 Å². The minimum absolute atomic E-state index is 0.0797. The predicted molar refractivity (Wildman–Crippen MR) is 108 cm³/mol. The summed E-state index contributed by atoms with van der Waals surface area (Å²) in [6.07, 6.45) is -0.741. The highest BCUT2D eigenvalue weighted by atomic mass is 32.2. The molecule has 0 radical (unpaired) electrons. The van der Waals surface area contributed by atoms with Crippen LogP contribution in [-0.2, 0) is 19.0 Å². The van der Waals surface area contributed by atoms with Crippen LogP contribution in [0.2, 0.25) is 0 Å². The normalized spacial score (nSPS) is 17.4. The molecular formula is C20H21FN2O7S. The second-order valence-corrected chi connectivity index (χ2v) is 8.59. The third kappa shape index (κ3) is 5.31. The van der Waals surface area contributed by atoms with Gasteiger partial charge in [0, 0.05) is 37.7 Å². The van der Waals surface area contributed by atoms with E-state index in [1.54, 1.807) is 0 Å². The number of carbonyl (C=O) groups excluding carboxylic acids is 1. The summed E-state index contributed by atoms with van der Waals surface area (Å²) in [7, 11) is -3.23. The molecule has 166 valence electrons. The maximum atomic E-state index is 13.0.